The van der Waals surface area contributed by atoms with E-state index in [0.29, 0.717) is 13.0 Å². The molecule has 3 rings (SSSR count). The summed E-state index contributed by atoms with van der Waals surface area (Å²) in [7, 11) is 0. The van der Waals surface area contributed by atoms with Gasteiger partial charge in [0.05, 0.1) is 11.4 Å². The lowest BCUT2D eigenvalue weighted by Crippen LogP contribution is -2.24. The van der Waals surface area contributed by atoms with Crippen LogP contribution in [0.15, 0.2) is 78.5 Å². The quantitative estimate of drug-likeness (QED) is 0.140. The highest BCUT2D eigenvalue weighted by atomic mass is 32.2. The van der Waals surface area contributed by atoms with Gasteiger partial charge in [-0.25, -0.2) is 4.98 Å². The highest BCUT2D eigenvalue weighted by Crippen LogP contribution is 2.36. The van der Waals surface area contributed by atoms with Crippen molar-refractivity contribution in [2.75, 3.05) is 18.8 Å². The van der Waals surface area contributed by atoms with Gasteiger partial charge in [0.2, 0.25) is 5.91 Å². The van der Waals surface area contributed by atoms with E-state index in [1.54, 1.807) is 11.8 Å². The summed E-state index contributed by atoms with van der Waals surface area (Å²) in [6, 6.07) is 20.8. The van der Waals surface area contributed by atoms with Crippen molar-refractivity contribution in [3.05, 3.63) is 73.3 Å². The van der Waals surface area contributed by atoms with Crippen molar-refractivity contribution in [1.82, 2.24) is 14.9 Å². The molecule has 5 nitrogen and oxygen atoms in total. The first kappa shape index (κ1) is 26.8. The maximum Gasteiger partial charge on any atom is 0.219 e. The van der Waals surface area contributed by atoms with E-state index in [9.17, 15) is 4.79 Å². The van der Waals surface area contributed by atoms with E-state index in [1.807, 2.05) is 18.2 Å². The van der Waals surface area contributed by atoms with Crippen LogP contribution in [0, 0.1) is 0 Å². The molecular formula is C29H38N4OS. The first-order valence-electron chi connectivity index (χ1n) is 12.7. The van der Waals surface area contributed by atoms with Gasteiger partial charge in [0.25, 0.3) is 0 Å². The third-order valence-electron chi connectivity index (χ3n) is 5.82. The number of carbonyl (C=O) groups is 1. The minimum Gasteiger partial charge on any atom is -0.356 e. The molecule has 0 bridgehead atoms. The molecule has 0 fully saturated rings. The van der Waals surface area contributed by atoms with Gasteiger partial charge in [-0.1, -0.05) is 91.3 Å². The van der Waals surface area contributed by atoms with Gasteiger partial charge in [-0.15, -0.1) is 6.58 Å². The monoisotopic (exact) mass is 490 g/mol. The summed E-state index contributed by atoms with van der Waals surface area (Å²) in [6.45, 7) is 6.19. The Morgan fingerprint density at radius 1 is 0.943 bits per heavy atom. The molecule has 6 heteroatoms. The third-order valence-corrected chi connectivity index (χ3v) is 6.88. The summed E-state index contributed by atoms with van der Waals surface area (Å²) >= 11 is 1.75. The molecule has 3 N–H and O–H groups in total. The highest BCUT2D eigenvalue weighted by Gasteiger charge is 2.19. The van der Waals surface area contributed by atoms with Crippen LogP contribution in [0.2, 0.25) is 0 Å². The van der Waals surface area contributed by atoms with Gasteiger partial charge in [-0.05, 0) is 32.2 Å². The summed E-state index contributed by atoms with van der Waals surface area (Å²) in [4.78, 5) is 17.2. The van der Waals surface area contributed by atoms with Crippen molar-refractivity contribution in [3.63, 3.8) is 0 Å². The largest absolute Gasteiger partial charge is 0.356 e. The molecule has 0 atom stereocenters. The van der Waals surface area contributed by atoms with Crippen LogP contribution in [0.25, 0.3) is 22.5 Å². The Labute approximate surface area is 214 Å². The molecular weight excluding hydrogens is 452 g/mol. The topological polar surface area (TPSA) is 72.9 Å². The van der Waals surface area contributed by atoms with Crippen LogP contribution >= 0.6 is 11.8 Å². The first-order valence-corrected chi connectivity index (χ1v) is 13.6. The molecule has 2 aromatic carbocycles. The number of carbonyl (C=O) groups excluding carboxylic acids is 1. The summed E-state index contributed by atoms with van der Waals surface area (Å²) < 4.78 is 2.26. The van der Waals surface area contributed by atoms with E-state index in [4.69, 9.17) is 10.7 Å². The van der Waals surface area contributed by atoms with Crippen molar-refractivity contribution in [2.45, 2.75) is 56.6 Å². The van der Waals surface area contributed by atoms with Crippen molar-refractivity contribution in [1.29, 1.82) is 0 Å². The number of hydrogen-bond acceptors (Lipinski definition) is 4. The Morgan fingerprint density at radius 2 is 1.63 bits per heavy atom. The van der Waals surface area contributed by atoms with Gasteiger partial charge < -0.3 is 15.6 Å². The van der Waals surface area contributed by atoms with Crippen LogP contribution in [0.4, 0.5) is 0 Å². The van der Waals surface area contributed by atoms with Gasteiger partial charge >= 0.3 is 0 Å². The van der Waals surface area contributed by atoms with E-state index >= 15 is 0 Å². The zero-order valence-electron chi connectivity index (χ0n) is 20.6. The molecule has 0 saturated carbocycles. The van der Waals surface area contributed by atoms with Gasteiger partial charge in [-0.2, -0.15) is 0 Å². The lowest BCUT2D eigenvalue weighted by molar-refractivity contribution is -0.121. The second kappa shape index (κ2) is 15.2. The van der Waals surface area contributed by atoms with Crippen molar-refractivity contribution in [2.24, 2.45) is 5.73 Å². The summed E-state index contributed by atoms with van der Waals surface area (Å²) in [5, 5.41) is 4.03. The number of rotatable bonds is 16. The molecule has 0 aliphatic rings. The van der Waals surface area contributed by atoms with Crippen molar-refractivity contribution >= 4 is 17.7 Å². The molecule has 186 valence electrons. The Kier molecular flexibility index (Phi) is 11.6. The van der Waals surface area contributed by atoms with Crippen LogP contribution in [0.5, 0.6) is 0 Å². The smallest absolute Gasteiger partial charge is 0.219 e. The zero-order valence-corrected chi connectivity index (χ0v) is 21.4. The van der Waals surface area contributed by atoms with Gasteiger partial charge in [0.1, 0.15) is 0 Å². The number of aromatic nitrogens is 2. The maximum atomic E-state index is 12.1. The van der Waals surface area contributed by atoms with Crippen LogP contribution in [0.3, 0.4) is 0 Å². The summed E-state index contributed by atoms with van der Waals surface area (Å²) in [5.41, 5.74) is 9.87. The van der Waals surface area contributed by atoms with Crippen molar-refractivity contribution < 1.29 is 4.79 Å². The molecule has 0 saturated heterocycles. The molecule has 0 radical (unpaired) electrons. The van der Waals surface area contributed by atoms with E-state index in [2.05, 4.69) is 65.0 Å². The SMILES string of the molecule is C=CCn1c(SCCCCC(=O)NCCCCCCN)nc(-c2ccccc2)c1-c1ccccc1. The Bertz CT molecular complexity index is 1030. The minimum atomic E-state index is 0.153. The number of nitrogens with two attached hydrogens (primary N) is 1. The van der Waals surface area contributed by atoms with Gasteiger partial charge in [0, 0.05) is 36.4 Å². The van der Waals surface area contributed by atoms with Crippen molar-refractivity contribution in [3.8, 4) is 22.5 Å². The lowest BCUT2D eigenvalue weighted by Gasteiger charge is -2.11. The number of thioether (sulfide) groups is 1. The number of nitrogens with one attached hydrogen (secondary N) is 1. The minimum absolute atomic E-state index is 0.153. The number of unbranched alkanes of at least 4 members (excludes halogenated alkanes) is 4. The van der Waals surface area contributed by atoms with Crippen LogP contribution in [-0.2, 0) is 11.3 Å². The Balaban J connectivity index is 1.59. The molecule has 0 spiro atoms. The second-order valence-electron chi connectivity index (χ2n) is 8.58. The molecule has 1 amide bonds. The maximum absolute atomic E-state index is 12.1. The predicted molar refractivity (Wildman–Crippen MR) is 148 cm³/mol. The molecule has 35 heavy (non-hydrogen) atoms. The average molecular weight is 491 g/mol. The lowest BCUT2D eigenvalue weighted by atomic mass is 10.0. The number of amides is 1. The molecule has 1 aromatic heterocycles. The zero-order chi connectivity index (χ0) is 24.7. The Morgan fingerprint density at radius 3 is 2.31 bits per heavy atom. The third kappa shape index (κ3) is 8.41. The van der Waals surface area contributed by atoms with Crippen LogP contribution in [-0.4, -0.2) is 34.3 Å². The molecule has 0 unspecified atom stereocenters. The normalized spacial score (nSPS) is 10.9. The predicted octanol–water partition coefficient (Wildman–Crippen LogP) is 6.30. The number of imidazole rings is 1. The van der Waals surface area contributed by atoms with Crippen LogP contribution in [0.1, 0.15) is 44.9 Å². The fraction of sp³-hybridized carbons (Fsp3) is 0.379. The molecule has 3 aromatic rings. The Hall–Kier alpha value is -2.83. The molecule has 1 heterocycles. The summed E-state index contributed by atoms with van der Waals surface area (Å²) in [5.74, 6) is 1.07. The van der Waals surface area contributed by atoms with E-state index < -0.39 is 0 Å². The van der Waals surface area contributed by atoms with E-state index in [-0.39, 0.29) is 5.91 Å². The fourth-order valence-corrected chi connectivity index (χ4v) is 5.03. The number of nitrogens with zero attached hydrogens (tertiary/aromatic N) is 2. The van der Waals surface area contributed by atoms with E-state index in [1.165, 1.54) is 0 Å². The standard InChI is InChI=1S/C29H38N4OS/c1-2-22-33-28(25-17-9-6-10-18-25)27(24-15-7-5-8-16-24)32-29(33)35-23-14-11-19-26(34)31-21-13-4-3-12-20-30/h2,5-10,15-18H,1,3-4,11-14,19-23,30H2,(H,31,34). The number of hydrogen-bond donors (Lipinski definition) is 2. The fourth-order valence-electron chi connectivity index (χ4n) is 4.02. The molecule has 0 aliphatic carbocycles. The van der Waals surface area contributed by atoms with Gasteiger partial charge in [-0.3, -0.25) is 4.79 Å². The van der Waals surface area contributed by atoms with Gasteiger partial charge in [0.15, 0.2) is 5.16 Å². The van der Waals surface area contributed by atoms with E-state index in [0.717, 1.165) is 85.0 Å². The van der Waals surface area contributed by atoms with Crippen LogP contribution < -0.4 is 11.1 Å². The summed E-state index contributed by atoms with van der Waals surface area (Å²) in [6.07, 6.45) is 8.71. The molecule has 0 aliphatic heterocycles. The number of benzene rings is 2. The number of allylic oxidation sites excluding steroid dienone is 1. The highest BCUT2D eigenvalue weighted by molar-refractivity contribution is 7.99. The first-order chi connectivity index (χ1) is 17.2. The second-order valence-corrected chi connectivity index (χ2v) is 9.64. The average Bonchev–Trinajstić information content (AvgIpc) is 3.25.